The minimum absolute atomic E-state index is 0.0106. The molecule has 0 bridgehead atoms. The van der Waals surface area contributed by atoms with Gasteiger partial charge in [0.2, 0.25) is 0 Å². The number of amides is 2. The Labute approximate surface area is 188 Å². The fraction of sp³-hybridized carbons (Fsp3) is 0.304. The van der Waals surface area contributed by atoms with Crippen LogP contribution in [-0.2, 0) is 11.3 Å². The monoisotopic (exact) mass is 451 g/mol. The number of hydrogen-bond donors (Lipinski definition) is 3. The van der Waals surface area contributed by atoms with Gasteiger partial charge < -0.3 is 25.6 Å². The van der Waals surface area contributed by atoms with E-state index in [-0.39, 0.29) is 41.4 Å². The lowest BCUT2D eigenvalue weighted by atomic mass is 9.56. The van der Waals surface area contributed by atoms with Gasteiger partial charge in [0.1, 0.15) is 5.82 Å². The highest BCUT2D eigenvalue weighted by Gasteiger charge is 2.56. The van der Waals surface area contributed by atoms with E-state index in [0.29, 0.717) is 0 Å². The normalized spacial score (nSPS) is 23.4. The first-order chi connectivity index (χ1) is 15.9. The standard InChI is InChI=1S/C23H22FN5O4/c24-15-4-1-13(2-5-15)14-3-6-18(26-10-14)20-23(12-27-20)8-16(9-23)28-22(31)32-11-17-7-19(21(25)30)29-33-17/h1-7,10,16,20,27H,8-9,11-12H2,(H2,25,30)(H,28,31). The molecule has 3 heterocycles. The van der Waals surface area contributed by atoms with Gasteiger partial charge >= 0.3 is 6.09 Å². The van der Waals surface area contributed by atoms with Crippen LogP contribution >= 0.6 is 0 Å². The molecule has 1 saturated heterocycles. The number of alkyl carbamates (subject to hydrolysis) is 1. The van der Waals surface area contributed by atoms with Gasteiger partial charge in [0.25, 0.3) is 5.91 Å². The van der Waals surface area contributed by atoms with Gasteiger partial charge in [-0.1, -0.05) is 23.4 Å². The number of nitrogens with two attached hydrogens (primary N) is 1. The first-order valence-electron chi connectivity index (χ1n) is 10.6. The van der Waals surface area contributed by atoms with Gasteiger partial charge in [0.05, 0.1) is 11.7 Å². The van der Waals surface area contributed by atoms with E-state index in [2.05, 4.69) is 20.8 Å². The molecule has 0 radical (unpaired) electrons. The lowest BCUT2D eigenvalue weighted by Gasteiger charge is -2.59. The number of nitrogens with zero attached hydrogens (tertiary/aromatic N) is 2. The number of nitrogens with one attached hydrogen (secondary N) is 2. The van der Waals surface area contributed by atoms with Crippen LogP contribution in [0.4, 0.5) is 9.18 Å². The van der Waals surface area contributed by atoms with Crippen molar-refractivity contribution in [2.45, 2.75) is 31.5 Å². The van der Waals surface area contributed by atoms with Gasteiger partial charge in [-0.25, -0.2) is 9.18 Å². The summed E-state index contributed by atoms with van der Waals surface area (Å²) < 4.78 is 23.2. The maximum absolute atomic E-state index is 13.1. The van der Waals surface area contributed by atoms with E-state index in [4.69, 9.17) is 15.0 Å². The number of rotatable bonds is 6. The van der Waals surface area contributed by atoms with Crippen LogP contribution in [0.3, 0.4) is 0 Å². The van der Waals surface area contributed by atoms with Gasteiger partial charge in [0, 0.05) is 35.8 Å². The largest absolute Gasteiger partial charge is 0.441 e. The third-order valence-corrected chi connectivity index (χ3v) is 6.32. The third-order valence-electron chi connectivity index (χ3n) is 6.32. The molecule has 1 aliphatic heterocycles. The molecule has 1 aromatic carbocycles. The molecule has 2 aromatic heterocycles. The maximum atomic E-state index is 13.1. The van der Waals surface area contributed by atoms with Crippen LogP contribution in [-0.4, -0.2) is 34.7 Å². The molecule has 9 nitrogen and oxygen atoms in total. The molecular weight excluding hydrogens is 429 g/mol. The predicted octanol–water partition coefficient (Wildman–Crippen LogP) is 2.69. The number of carbonyl (C=O) groups excluding carboxylic acids is 2. The van der Waals surface area contributed by atoms with Crippen molar-refractivity contribution in [2.24, 2.45) is 11.1 Å². The smallest absolute Gasteiger partial charge is 0.407 e. The molecule has 10 heteroatoms. The second-order valence-electron chi connectivity index (χ2n) is 8.52. The van der Waals surface area contributed by atoms with Crippen molar-refractivity contribution in [1.29, 1.82) is 0 Å². The van der Waals surface area contributed by atoms with E-state index in [1.165, 1.54) is 18.2 Å². The summed E-state index contributed by atoms with van der Waals surface area (Å²) in [5.41, 5.74) is 7.94. The molecule has 1 spiro atoms. The number of hydrogen-bond acceptors (Lipinski definition) is 7. The van der Waals surface area contributed by atoms with Crippen molar-refractivity contribution in [3.63, 3.8) is 0 Å². The van der Waals surface area contributed by atoms with E-state index in [0.717, 1.165) is 36.2 Å². The molecule has 2 aliphatic rings. The molecule has 1 atom stereocenters. The van der Waals surface area contributed by atoms with Crippen molar-refractivity contribution in [1.82, 2.24) is 20.8 Å². The SMILES string of the molecule is NC(=O)c1cc(COC(=O)NC2CC3(CNC3c3ccc(-c4ccc(F)cc4)cn3)C2)on1. The van der Waals surface area contributed by atoms with Crippen LogP contribution in [0.2, 0.25) is 0 Å². The van der Waals surface area contributed by atoms with Gasteiger partial charge in [-0.3, -0.25) is 9.78 Å². The summed E-state index contributed by atoms with van der Waals surface area (Å²) >= 11 is 0. The zero-order chi connectivity index (χ0) is 23.0. The fourth-order valence-corrected chi connectivity index (χ4v) is 4.55. The van der Waals surface area contributed by atoms with Crippen molar-refractivity contribution in [3.8, 4) is 11.1 Å². The van der Waals surface area contributed by atoms with Crippen molar-refractivity contribution in [2.75, 3.05) is 6.54 Å². The number of ether oxygens (including phenoxy) is 1. The Kier molecular flexibility index (Phi) is 5.29. The summed E-state index contributed by atoms with van der Waals surface area (Å²) in [6.07, 6.45) is 2.87. The first-order valence-corrected chi connectivity index (χ1v) is 10.6. The number of aromatic nitrogens is 2. The second kappa shape index (κ2) is 8.28. The van der Waals surface area contributed by atoms with E-state index >= 15 is 0 Å². The molecule has 1 aliphatic carbocycles. The van der Waals surface area contributed by atoms with Crippen LogP contribution in [0.1, 0.15) is 40.8 Å². The number of benzene rings is 1. The Hall–Kier alpha value is -3.79. The van der Waals surface area contributed by atoms with Crippen molar-refractivity contribution in [3.05, 3.63) is 71.6 Å². The molecule has 1 unspecified atom stereocenters. The minimum Gasteiger partial charge on any atom is -0.441 e. The Morgan fingerprint density at radius 3 is 2.58 bits per heavy atom. The minimum atomic E-state index is -0.711. The Morgan fingerprint density at radius 1 is 1.21 bits per heavy atom. The summed E-state index contributed by atoms with van der Waals surface area (Å²) in [7, 11) is 0. The summed E-state index contributed by atoms with van der Waals surface area (Å²) in [5, 5.41) is 9.79. The average molecular weight is 451 g/mol. The first kappa shape index (κ1) is 21.1. The van der Waals surface area contributed by atoms with E-state index < -0.39 is 12.0 Å². The lowest BCUT2D eigenvalue weighted by Crippen LogP contribution is -2.66. The molecule has 5 rings (SSSR count). The Bertz CT molecular complexity index is 1170. The molecule has 2 fully saturated rings. The molecule has 3 aromatic rings. The predicted molar refractivity (Wildman–Crippen MR) is 114 cm³/mol. The zero-order valence-electron chi connectivity index (χ0n) is 17.6. The molecule has 170 valence electrons. The van der Waals surface area contributed by atoms with Gasteiger partial charge in [-0.05, 0) is 36.6 Å². The fourth-order valence-electron chi connectivity index (χ4n) is 4.55. The van der Waals surface area contributed by atoms with Gasteiger partial charge in [0.15, 0.2) is 18.1 Å². The van der Waals surface area contributed by atoms with Gasteiger partial charge in [-0.2, -0.15) is 0 Å². The topological polar surface area (TPSA) is 132 Å². The molecular formula is C23H22FN5O4. The van der Waals surface area contributed by atoms with Crippen LogP contribution in [0, 0.1) is 11.2 Å². The highest BCUT2D eigenvalue weighted by Crippen LogP contribution is 2.55. The quantitative estimate of drug-likeness (QED) is 0.525. The van der Waals surface area contributed by atoms with Crippen LogP contribution < -0.4 is 16.4 Å². The Morgan fingerprint density at radius 2 is 1.97 bits per heavy atom. The Balaban J connectivity index is 1.12. The lowest BCUT2D eigenvalue weighted by molar-refractivity contribution is -0.0347. The van der Waals surface area contributed by atoms with Crippen molar-refractivity contribution < 1.29 is 23.2 Å². The molecule has 33 heavy (non-hydrogen) atoms. The van der Waals surface area contributed by atoms with Crippen molar-refractivity contribution >= 4 is 12.0 Å². The van der Waals surface area contributed by atoms with Crippen LogP contribution in [0.5, 0.6) is 0 Å². The highest BCUT2D eigenvalue weighted by atomic mass is 19.1. The highest BCUT2D eigenvalue weighted by molar-refractivity contribution is 5.90. The summed E-state index contributed by atoms with van der Waals surface area (Å²) in [4.78, 5) is 27.7. The average Bonchev–Trinajstić information content (AvgIpc) is 3.24. The summed E-state index contributed by atoms with van der Waals surface area (Å²) in [6, 6.07) is 11.8. The second-order valence-corrected chi connectivity index (χ2v) is 8.52. The molecule has 4 N–H and O–H groups in total. The van der Waals surface area contributed by atoms with E-state index in [1.54, 1.807) is 18.3 Å². The molecule has 1 saturated carbocycles. The van der Waals surface area contributed by atoms with E-state index in [9.17, 15) is 14.0 Å². The maximum Gasteiger partial charge on any atom is 0.407 e. The zero-order valence-corrected chi connectivity index (χ0v) is 17.6. The molecule has 2 amide bonds. The summed E-state index contributed by atoms with van der Waals surface area (Å²) in [5.74, 6) is -0.740. The van der Waals surface area contributed by atoms with Crippen LogP contribution in [0.25, 0.3) is 11.1 Å². The van der Waals surface area contributed by atoms with E-state index in [1.807, 2.05) is 12.1 Å². The van der Waals surface area contributed by atoms with Crippen LogP contribution in [0.15, 0.2) is 53.2 Å². The number of halogens is 1. The number of carbonyl (C=O) groups is 2. The number of pyridine rings is 1. The van der Waals surface area contributed by atoms with Gasteiger partial charge in [-0.15, -0.1) is 0 Å². The third kappa shape index (κ3) is 4.17. The summed E-state index contributed by atoms with van der Waals surface area (Å²) in [6.45, 7) is 0.721. The number of primary amides is 1.